The number of hydrogen-bond acceptors (Lipinski definition) is 1. The molecule has 112 valence electrons. The first-order valence-electron chi connectivity index (χ1n) is 7.12. The summed E-state index contributed by atoms with van der Waals surface area (Å²) in [7, 11) is 0. The van der Waals surface area contributed by atoms with Crippen LogP contribution in [0.15, 0.2) is 18.2 Å². The molecule has 1 amide bonds. The van der Waals surface area contributed by atoms with E-state index in [1.165, 1.54) is 12.1 Å². The Morgan fingerprint density at radius 1 is 1.30 bits per heavy atom. The van der Waals surface area contributed by atoms with E-state index in [0.29, 0.717) is 10.9 Å². The van der Waals surface area contributed by atoms with Crippen molar-refractivity contribution < 1.29 is 9.18 Å². The second kappa shape index (κ2) is 8.25. The highest BCUT2D eigenvalue weighted by Crippen LogP contribution is 2.19. The molecule has 1 N–H and O–H groups in total. The summed E-state index contributed by atoms with van der Waals surface area (Å²) in [6, 6.07) is 4.56. The lowest BCUT2D eigenvalue weighted by Crippen LogP contribution is -2.33. The van der Waals surface area contributed by atoms with Crippen molar-refractivity contribution in [3.63, 3.8) is 0 Å². The summed E-state index contributed by atoms with van der Waals surface area (Å²) in [5.74, 6) is 0.0595. The first-order valence-corrected chi connectivity index (χ1v) is 7.50. The zero-order valence-electron chi connectivity index (χ0n) is 12.4. The van der Waals surface area contributed by atoms with E-state index in [4.69, 9.17) is 11.6 Å². The molecule has 4 heteroatoms. The molecule has 0 bridgehead atoms. The van der Waals surface area contributed by atoms with Gasteiger partial charge in [0.15, 0.2) is 0 Å². The Kier molecular flexibility index (Phi) is 7.00. The molecule has 0 fully saturated rings. The number of amides is 1. The van der Waals surface area contributed by atoms with E-state index < -0.39 is 5.82 Å². The monoisotopic (exact) mass is 299 g/mol. The van der Waals surface area contributed by atoms with E-state index in [0.717, 1.165) is 19.3 Å². The smallest absolute Gasteiger partial charge is 0.224 e. The van der Waals surface area contributed by atoms with Crippen LogP contribution in [0.1, 0.15) is 45.6 Å². The van der Waals surface area contributed by atoms with Gasteiger partial charge in [-0.1, -0.05) is 44.4 Å². The molecule has 1 rings (SSSR count). The van der Waals surface area contributed by atoms with Crippen molar-refractivity contribution in [3.8, 4) is 0 Å². The van der Waals surface area contributed by atoms with Gasteiger partial charge >= 0.3 is 0 Å². The predicted octanol–water partition coefficient (Wildman–Crippen LogP) is 4.35. The zero-order chi connectivity index (χ0) is 15.1. The summed E-state index contributed by atoms with van der Waals surface area (Å²) >= 11 is 5.91. The molecule has 2 nitrogen and oxygen atoms in total. The van der Waals surface area contributed by atoms with Gasteiger partial charge in [-0.15, -0.1) is 0 Å². The van der Waals surface area contributed by atoms with Gasteiger partial charge in [0.05, 0.1) is 6.42 Å². The quantitative estimate of drug-likeness (QED) is 0.796. The molecule has 0 radical (unpaired) electrons. The minimum absolute atomic E-state index is 0.0139. The molecule has 0 heterocycles. The predicted molar refractivity (Wildman–Crippen MR) is 81.4 cm³/mol. The Hall–Kier alpha value is -1.09. The van der Waals surface area contributed by atoms with Crippen LogP contribution in [0.25, 0.3) is 0 Å². The molecule has 0 aliphatic carbocycles. The van der Waals surface area contributed by atoms with Crippen LogP contribution >= 0.6 is 11.6 Å². The molecular formula is C16H23ClFNO. The summed E-state index contributed by atoms with van der Waals surface area (Å²) < 4.78 is 13.6. The van der Waals surface area contributed by atoms with Crippen LogP contribution in [0.2, 0.25) is 5.02 Å². The molecule has 0 unspecified atom stereocenters. The number of halogens is 2. The van der Waals surface area contributed by atoms with Crippen LogP contribution in [-0.4, -0.2) is 11.9 Å². The molecular weight excluding hydrogens is 277 g/mol. The van der Waals surface area contributed by atoms with E-state index >= 15 is 0 Å². The molecule has 0 saturated heterocycles. The fourth-order valence-electron chi connectivity index (χ4n) is 2.09. The lowest BCUT2D eigenvalue weighted by molar-refractivity contribution is -0.121. The van der Waals surface area contributed by atoms with Crippen molar-refractivity contribution in [2.75, 3.05) is 0 Å². The third kappa shape index (κ3) is 5.91. The van der Waals surface area contributed by atoms with E-state index in [1.54, 1.807) is 6.07 Å². The minimum Gasteiger partial charge on any atom is -0.353 e. The maximum absolute atomic E-state index is 13.6. The lowest BCUT2D eigenvalue weighted by Gasteiger charge is -2.15. The fraction of sp³-hybridized carbons (Fsp3) is 0.562. The van der Waals surface area contributed by atoms with Gasteiger partial charge in [-0.3, -0.25) is 4.79 Å². The van der Waals surface area contributed by atoms with Crippen LogP contribution in [0.4, 0.5) is 4.39 Å². The summed E-state index contributed by atoms with van der Waals surface area (Å²) in [5.41, 5.74) is 0.265. The molecule has 20 heavy (non-hydrogen) atoms. The van der Waals surface area contributed by atoms with Crippen molar-refractivity contribution in [3.05, 3.63) is 34.6 Å². The van der Waals surface area contributed by atoms with Crippen LogP contribution in [-0.2, 0) is 11.2 Å². The highest BCUT2D eigenvalue weighted by Gasteiger charge is 2.13. The average Bonchev–Trinajstić information content (AvgIpc) is 2.33. The molecule has 1 aromatic rings. The highest BCUT2D eigenvalue weighted by molar-refractivity contribution is 6.31. The van der Waals surface area contributed by atoms with Gasteiger partial charge in [-0.05, 0) is 31.4 Å². The number of nitrogens with one attached hydrogen (secondary N) is 1. The van der Waals surface area contributed by atoms with Crippen LogP contribution in [0.5, 0.6) is 0 Å². The standard InChI is InChI=1S/C16H23ClFNO/c1-11(2)6-4-7-12(3)19-16(20)10-13-14(17)8-5-9-15(13)18/h5,8-9,11-12H,4,6-7,10H2,1-3H3,(H,19,20)/t12-/m1/s1. The first-order chi connectivity index (χ1) is 9.40. The second-order valence-electron chi connectivity index (χ2n) is 5.67. The van der Waals surface area contributed by atoms with Crippen LogP contribution in [0.3, 0.4) is 0 Å². The van der Waals surface area contributed by atoms with Gasteiger partial charge < -0.3 is 5.32 Å². The van der Waals surface area contributed by atoms with Crippen molar-refractivity contribution in [1.82, 2.24) is 5.32 Å². The molecule has 0 aromatic heterocycles. The molecule has 0 aliphatic rings. The minimum atomic E-state index is -0.430. The third-order valence-electron chi connectivity index (χ3n) is 3.23. The Labute approximate surface area is 125 Å². The topological polar surface area (TPSA) is 29.1 Å². The van der Waals surface area contributed by atoms with Crippen LogP contribution < -0.4 is 5.32 Å². The highest BCUT2D eigenvalue weighted by atomic mass is 35.5. The second-order valence-corrected chi connectivity index (χ2v) is 6.08. The van der Waals surface area contributed by atoms with Crippen molar-refractivity contribution in [2.45, 2.75) is 52.5 Å². The Morgan fingerprint density at radius 2 is 2.00 bits per heavy atom. The third-order valence-corrected chi connectivity index (χ3v) is 3.58. The van der Waals surface area contributed by atoms with Gasteiger partial charge in [0, 0.05) is 16.6 Å². The average molecular weight is 300 g/mol. The summed E-state index contributed by atoms with van der Waals surface area (Å²) in [6.45, 7) is 6.34. The largest absolute Gasteiger partial charge is 0.353 e. The maximum Gasteiger partial charge on any atom is 0.224 e. The first kappa shape index (κ1) is 17.0. The number of carbonyl (C=O) groups excluding carboxylic acids is 1. The number of carbonyl (C=O) groups is 1. The maximum atomic E-state index is 13.6. The Balaban J connectivity index is 2.43. The van der Waals surface area contributed by atoms with Gasteiger partial charge in [0.25, 0.3) is 0 Å². The van der Waals surface area contributed by atoms with Crippen molar-refractivity contribution in [2.24, 2.45) is 5.92 Å². The number of rotatable bonds is 7. The van der Waals surface area contributed by atoms with Gasteiger partial charge in [0.1, 0.15) is 5.82 Å². The van der Waals surface area contributed by atoms with E-state index in [2.05, 4.69) is 19.2 Å². The number of hydrogen-bond donors (Lipinski definition) is 1. The fourth-order valence-corrected chi connectivity index (χ4v) is 2.32. The summed E-state index contributed by atoms with van der Waals surface area (Å²) in [5, 5.41) is 3.19. The Bertz CT molecular complexity index is 428. The molecule has 0 aliphatic heterocycles. The molecule has 1 aromatic carbocycles. The molecule has 1 atom stereocenters. The van der Waals surface area contributed by atoms with Crippen LogP contribution in [0, 0.1) is 11.7 Å². The van der Waals surface area contributed by atoms with Gasteiger partial charge in [-0.25, -0.2) is 4.39 Å². The van der Waals surface area contributed by atoms with Crippen molar-refractivity contribution >= 4 is 17.5 Å². The van der Waals surface area contributed by atoms with Gasteiger partial charge in [-0.2, -0.15) is 0 Å². The van der Waals surface area contributed by atoms with E-state index in [-0.39, 0.29) is 23.9 Å². The zero-order valence-corrected chi connectivity index (χ0v) is 13.1. The number of benzene rings is 1. The van der Waals surface area contributed by atoms with E-state index in [9.17, 15) is 9.18 Å². The molecule has 0 saturated carbocycles. The lowest BCUT2D eigenvalue weighted by atomic mass is 10.0. The van der Waals surface area contributed by atoms with Gasteiger partial charge in [0.2, 0.25) is 5.91 Å². The Morgan fingerprint density at radius 3 is 2.60 bits per heavy atom. The van der Waals surface area contributed by atoms with E-state index in [1.807, 2.05) is 6.92 Å². The summed E-state index contributed by atoms with van der Waals surface area (Å²) in [6.07, 6.45) is 3.16. The normalized spacial score (nSPS) is 12.5. The SMILES string of the molecule is CC(C)CCC[C@@H](C)NC(=O)Cc1c(F)cccc1Cl. The molecule has 0 spiro atoms. The van der Waals surface area contributed by atoms with Crippen molar-refractivity contribution in [1.29, 1.82) is 0 Å². The summed E-state index contributed by atoms with van der Waals surface area (Å²) in [4.78, 5) is 11.9.